The van der Waals surface area contributed by atoms with Crippen molar-refractivity contribution in [3.05, 3.63) is 16.1 Å². The summed E-state index contributed by atoms with van der Waals surface area (Å²) in [4.78, 5) is 28.2. The zero-order valence-electron chi connectivity index (χ0n) is 12.0. The summed E-state index contributed by atoms with van der Waals surface area (Å²) in [5.74, 6) is -0.806. The van der Waals surface area contributed by atoms with Gasteiger partial charge in [0.1, 0.15) is 0 Å². The Bertz CT molecular complexity index is 461. The summed E-state index contributed by atoms with van der Waals surface area (Å²) in [7, 11) is 1.72. The fraction of sp³-hybridized carbons (Fsp3) is 0.615. The SMILES string of the molecule is Cc1nc(CN(C)C(=O)NC(C)CCCC(=O)O)cs1. The van der Waals surface area contributed by atoms with Crippen molar-refractivity contribution in [2.45, 2.75) is 45.7 Å². The van der Waals surface area contributed by atoms with Crippen molar-refractivity contribution in [1.82, 2.24) is 15.2 Å². The van der Waals surface area contributed by atoms with E-state index in [2.05, 4.69) is 10.3 Å². The van der Waals surface area contributed by atoms with Gasteiger partial charge in [-0.2, -0.15) is 0 Å². The Balaban J connectivity index is 2.31. The second-order valence-electron chi connectivity index (χ2n) is 4.85. The second kappa shape index (κ2) is 7.84. The highest BCUT2D eigenvalue weighted by molar-refractivity contribution is 7.09. The second-order valence-corrected chi connectivity index (χ2v) is 5.91. The van der Waals surface area contributed by atoms with E-state index in [0.717, 1.165) is 10.7 Å². The van der Waals surface area contributed by atoms with Gasteiger partial charge in [0.2, 0.25) is 0 Å². The number of hydrogen-bond acceptors (Lipinski definition) is 4. The van der Waals surface area contributed by atoms with Crippen LogP contribution in [0.5, 0.6) is 0 Å². The molecule has 2 N–H and O–H groups in total. The fourth-order valence-corrected chi connectivity index (χ4v) is 2.35. The van der Waals surface area contributed by atoms with Crippen LogP contribution in [0.3, 0.4) is 0 Å². The maximum Gasteiger partial charge on any atom is 0.317 e. The van der Waals surface area contributed by atoms with Crippen LogP contribution >= 0.6 is 11.3 Å². The van der Waals surface area contributed by atoms with Gasteiger partial charge in [-0.25, -0.2) is 9.78 Å². The number of thiazole rings is 1. The van der Waals surface area contributed by atoms with Crippen molar-refractivity contribution in [3.63, 3.8) is 0 Å². The number of amides is 2. The number of urea groups is 1. The van der Waals surface area contributed by atoms with E-state index in [9.17, 15) is 9.59 Å². The molecule has 0 aliphatic rings. The van der Waals surface area contributed by atoms with Gasteiger partial charge >= 0.3 is 12.0 Å². The van der Waals surface area contributed by atoms with Gasteiger partial charge in [0, 0.05) is 24.9 Å². The molecule has 20 heavy (non-hydrogen) atoms. The molecule has 0 aliphatic heterocycles. The molecule has 0 saturated heterocycles. The number of aryl methyl sites for hydroxylation is 1. The number of aromatic nitrogens is 1. The Morgan fingerprint density at radius 1 is 1.55 bits per heavy atom. The Kier molecular flexibility index (Phi) is 6.44. The van der Waals surface area contributed by atoms with Gasteiger partial charge in [0.25, 0.3) is 0 Å². The van der Waals surface area contributed by atoms with E-state index in [1.165, 1.54) is 0 Å². The van der Waals surface area contributed by atoms with E-state index in [1.54, 1.807) is 23.3 Å². The average Bonchev–Trinajstić information content (AvgIpc) is 2.74. The predicted molar refractivity (Wildman–Crippen MR) is 77.8 cm³/mol. The molecule has 0 fully saturated rings. The van der Waals surface area contributed by atoms with Gasteiger partial charge < -0.3 is 15.3 Å². The lowest BCUT2D eigenvalue weighted by Gasteiger charge is -2.20. The predicted octanol–water partition coefficient (Wildman–Crippen LogP) is 2.24. The van der Waals surface area contributed by atoms with E-state index in [1.807, 2.05) is 19.2 Å². The first-order valence-electron chi connectivity index (χ1n) is 6.53. The van der Waals surface area contributed by atoms with Crippen LogP contribution < -0.4 is 5.32 Å². The number of carboxylic acids is 1. The van der Waals surface area contributed by atoms with Gasteiger partial charge in [-0.05, 0) is 26.7 Å². The minimum absolute atomic E-state index is 0.0403. The van der Waals surface area contributed by atoms with E-state index in [-0.39, 0.29) is 18.5 Å². The highest BCUT2D eigenvalue weighted by atomic mass is 32.1. The minimum atomic E-state index is -0.806. The third kappa shape index (κ3) is 6.01. The van der Waals surface area contributed by atoms with Crippen molar-refractivity contribution in [2.75, 3.05) is 7.05 Å². The molecule has 0 aromatic carbocycles. The van der Waals surface area contributed by atoms with E-state index < -0.39 is 5.97 Å². The summed E-state index contributed by atoms with van der Waals surface area (Å²) in [6.07, 6.45) is 1.35. The standard InChI is InChI=1S/C13H21N3O3S/c1-9(5-4-6-12(17)18)14-13(19)16(3)7-11-8-20-10(2)15-11/h8-9H,4-7H2,1-3H3,(H,14,19)(H,17,18). The average molecular weight is 299 g/mol. The lowest BCUT2D eigenvalue weighted by atomic mass is 10.1. The topological polar surface area (TPSA) is 82.5 Å². The molecule has 0 bridgehead atoms. The number of rotatable bonds is 7. The number of nitrogens with one attached hydrogen (secondary N) is 1. The Labute approximate surface area is 122 Å². The first-order valence-corrected chi connectivity index (χ1v) is 7.41. The highest BCUT2D eigenvalue weighted by Crippen LogP contribution is 2.10. The largest absolute Gasteiger partial charge is 0.481 e. The molecule has 2 amide bonds. The lowest BCUT2D eigenvalue weighted by molar-refractivity contribution is -0.137. The maximum atomic E-state index is 11.9. The van der Waals surface area contributed by atoms with E-state index >= 15 is 0 Å². The molecule has 6 nitrogen and oxygen atoms in total. The van der Waals surface area contributed by atoms with Crippen LogP contribution in [-0.4, -0.2) is 40.1 Å². The maximum absolute atomic E-state index is 11.9. The summed E-state index contributed by atoms with van der Waals surface area (Å²) in [5, 5.41) is 14.3. The zero-order valence-corrected chi connectivity index (χ0v) is 12.9. The van der Waals surface area contributed by atoms with E-state index in [0.29, 0.717) is 19.4 Å². The fourth-order valence-electron chi connectivity index (χ4n) is 1.75. The molecule has 1 rings (SSSR count). The summed E-state index contributed by atoms with van der Waals surface area (Å²) >= 11 is 1.56. The number of nitrogens with zero attached hydrogens (tertiary/aromatic N) is 2. The van der Waals surface area contributed by atoms with Crippen LogP contribution in [0.25, 0.3) is 0 Å². The molecular formula is C13H21N3O3S. The summed E-state index contributed by atoms with van der Waals surface area (Å²) in [6, 6.07) is -0.208. The van der Waals surface area contributed by atoms with Gasteiger partial charge in [0.05, 0.1) is 17.2 Å². The zero-order chi connectivity index (χ0) is 15.1. The first-order chi connectivity index (χ1) is 9.38. The molecule has 7 heteroatoms. The van der Waals surface area contributed by atoms with Gasteiger partial charge in [-0.15, -0.1) is 11.3 Å². The summed E-state index contributed by atoms with van der Waals surface area (Å²) < 4.78 is 0. The number of carbonyl (C=O) groups is 2. The number of carbonyl (C=O) groups excluding carboxylic acids is 1. The van der Waals surface area contributed by atoms with Crippen molar-refractivity contribution in [3.8, 4) is 0 Å². The van der Waals surface area contributed by atoms with Crippen LogP contribution in [0.1, 0.15) is 36.9 Å². The molecule has 0 spiro atoms. The third-order valence-electron chi connectivity index (χ3n) is 2.81. The molecule has 1 aromatic heterocycles. The van der Waals surface area contributed by atoms with Crippen molar-refractivity contribution >= 4 is 23.3 Å². The smallest absolute Gasteiger partial charge is 0.317 e. The number of aliphatic carboxylic acids is 1. The molecule has 1 heterocycles. The number of carboxylic acid groups (broad SMARTS) is 1. The van der Waals surface area contributed by atoms with Crippen molar-refractivity contribution < 1.29 is 14.7 Å². The minimum Gasteiger partial charge on any atom is -0.481 e. The van der Waals surface area contributed by atoms with E-state index in [4.69, 9.17) is 5.11 Å². The molecule has 0 radical (unpaired) electrons. The quantitative estimate of drug-likeness (QED) is 0.809. The highest BCUT2D eigenvalue weighted by Gasteiger charge is 2.13. The van der Waals surface area contributed by atoms with Gasteiger partial charge in [-0.3, -0.25) is 4.79 Å². The van der Waals surface area contributed by atoms with Crippen molar-refractivity contribution in [2.24, 2.45) is 0 Å². The molecule has 0 saturated carbocycles. The van der Waals surface area contributed by atoms with Crippen LogP contribution in [0.15, 0.2) is 5.38 Å². The summed E-state index contributed by atoms with van der Waals surface area (Å²) in [6.45, 7) is 4.28. The van der Waals surface area contributed by atoms with Crippen LogP contribution in [0.4, 0.5) is 4.79 Å². The molecule has 112 valence electrons. The van der Waals surface area contributed by atoms with Crippen LogP contribution in [0.2, 0.25) is 0 Å². The Morgan fingerprint density at radius 2 is 2.25 bits per heavy atom. The van der Waals surface area contributed by atoms with Crippen molar-refractivity contribution in [1.29, 1.82) is 0 Å². The molecule has 0 aliphatic carbocycles. The molecule has 1 aromatic rings. The summed E-state index contributed by atoms with van der Waals surface area (Å²) in [5.41, 5.74) is 0.878. The van der Waals surface area contributed by atoms with Crippen LogP contribution in [-0.2, 0) is 11.3 Å². The normalized spacial score (nSPS) is 11.9. The van der Waals surface area contributed by atoms with Crippen LogP contribution in [0, 0.1) is 6.92 Å². The number of hydrogen-bond donors (Lipinski definition) is 2. The van der Waals surface area contributed by atoms with Gasteiger partial charge in [-0.1, -0.05) is 0 Å². The van der Waals surface area contributed by atoms with Gasteiger partial charge in [0.15, 0.2) is 0 Å². The monoisotopic (exact) mass is 299 g/mol. The Morgan fingerprint density at radius 3 is 2.80 bits per heavy atom. The molecule has 1 unspecified atom stereocenters. The first kappa shape index (κ1) is 16.4. The molecular weight excluding hydrogens is 278 g/mol. The molecule has 1 atom stereocenters. The Hall–Kier alpha value is -1.63. The third-order valence-corrected chi connectivity index (χ3v) is 3.63. The lowest BCUT2D eigenvalue weighted by Crippen LogP contribution is -2.41.